The number of fused-ring (bicyclic) bond motifs is 2. The molecule has 0 amide bonds. The zero-order valence-electron chi connectivity index (χ0n) is 20.9. The Kier molecular flexibility index (Phi) is 5.88. The molecule has 1 unspecified atom stereocenters. The molecule has 3 heteroatoms. The quantitative estimate of drug-likeness (QED) is 0.429. The Labute approximate surface area is 209 Å². The van der Waals surface area contributed by atoms with E-state index in [4.69, 9.17) is 4.74 Å². The molecule has 6 rings (SSSR count). The third-order valence-electron chi connectivity index (χ3n) is 8.90. The molecular formula is C32H36N2O. The van der Waals surface area contributed by atoms with Gasteiger partial charge < -0.3 is 9.64 Å². The largest absolute Gasteiger partial charge is 0.493 e. The molecule has 2 aromatic carbocycles. The minimum Gasteiger partial charge on any atom is -0.493 e. The van der Waals surface area contributed by atoms with Crippen molar-refractivity contribution in [2.45, 2.75) is 57.3 Å². The van der Waals surface area contributed by atoms with E-state index in [0.29, 0.717) is 5.92 Å². The van der Waals surface area contributed by atoms with Gasteiger partial charge in [0.25, 0.3) is 0 Å². The van der Waals surface area contributed by atoms with E-state index in [1.54, 1.807) is 11.1 Å². The molecule has 3 heterocycles. The van der Waals surface area contributed by atoms with Gasteiger partial charge in [0.2, 0.25) is 0 Å². The average Bonchev–Trinajstić information content (AvgIpc) is 3.57. The molecule has 3 nitrogen and oxygen atoms in total. The Morgan fingerprint density at radius 1 is 0.943 bits per heavy atom. The van der Waals surface area contributed by atoms with Crippen LogP contribution in [-0.4, -0.2) is 29.6 Å². The molecular weight excluding hydrogens is 428 g/mol. The lowest BCUT2D eigenvalue weighted by Gasteiger charge is -2.45. The summed E-state index contributed by atoms with van der Waals surface area (Å²) >= 11 is 0. The van der Waals surface area contributed by atoms with Crippen LogP contribution in [0.1, 0.15) is 59.6 Å². The van der Waals surface area contributed by atoms with Gasteiger partial charge in [0.05, 0.1) is 6.61 Å². The van der Waals surface area contributed by atoms with E-state index in [0.717, 1.165) is 38.3 Å². The number of allylic oxidation sites excluding steroid dienone is 1. The molecule has 1 fully saturated rings. The SMILES string of the molecule is C=C(Cc1ccncc1)N1CCC(C(C)(c2ccc3c(c2)CCC3)c2ccc3c(c2)CCO3)CC1. The first-order valence-electron chi connectivity index (χ1n) is 13.3. The van der Waals surface area contributed by atoms with E-state index in [-0.39, 0.29) is 5.41 Å². The number of nitrogens with zero attached hydrogens (tertiary/aromatic N) is 2. The minimum atomic E-state index is -0.00619. The van der Waals surface area contributed by atoms with Crippen LogP contribution < -0.4 is 4.74 Å². The summed E-state index contributed by atoms with van der Waals surface area (Å²) in [6.45, 7) is 9.91. The maximum Gasteiger partial charge on any atom is 0.122 e. The molecule has 0 saturated carbocycles. The van der Waals surface area contributed by atoms with E-state index >= 15 is 0 Å². The van der Waals surface area contributed by atoms with Crippen LogP contribution in [0.2, 0.25) is 0 Å². The maximum atomic E-state index is 5.85. The molecule has 0 N–H and O–H groups in total. The van der Waals surface area contributed by atoms with Gasteiger partial charge in [0.1, 0.15) is 5.75 Å². The molecule has 1 atom stereocenters. The predicted octanol–water partition coefficient (Wildman–Crippen LogP) is 6.28. The van der Waals surface area contributed by atoms with Gasteiger partial charge in [-0.3, -0.25) is 4.98 Å². The van der Waals surface area contributed by atoms with Gasteiger partial charge in [0.15, 0.2) is 0 Å². The summed E-state index contributed by atoms with van der Waals surface area (Å²) < 4.78 is 5.85. The Hall–Kier alpha value is -3.07. The predicted molar refractivity (Wildman–Crippen MR) is 142 cm³/mol. The van der Waals surface area contributed by atoms with Gasteiger partial charge >= 0.3 is 0 Å². The first-order chi connectivity index (χ1) is 17.1. The topological polar surface area (TPSA) is 25.4 Å². The summed E-state index contributed by atoms with van der Waals surface area (Å²) in [4.78, 5) is 6.66. The highest BCUT2D eigenvalue weighted by molar-refractivity contribution is 5.49. The van der Waals surface area contributed by atoms with E-state index in [2.05, 4.69) is 71.9 Å². The van der Waals surface area contributed by atoms with Crippen LogP contribution >= 0.6 is 0 Å². The molecule has 1 saturated heterocycles. The average molecular weight is 465 g/mol. The number of aryl methyl sites for hydroxylation is 2. The number of hydrogen-bond acceptors (Lipinski definition) is 3. The lowest BCUT2D eigenvalue weighted by atomic mass is 9.63. The van der Waals surface area contributed by atoms with Gasteiger partial charge in [-0.25, -0.2) is 0 Å². The molecule has 3 aliphatic rings. The molecule has 3 aromatic rings. The molecule has 1 aromatic heterocycles. The fourth-order valence-electron chi connectivity index (χ4n) is 6.66. The summed E-state index contributed by atoms with van der Waals surface area (Å²) in [7, 11) is 0. The van der Waals surface area contributed by atoms with Crippen LogP contribution in [0.5, 0.6) is 5.75 Å². The zero-order valence-corrected chi connectivity index (χ0v) is 20.9. The monoisotopic (exact) mass is 464 g/mol. The Morgan fingerprint density at radius 3 is 2.46 bits per heavy atom. The second-order valence-electron chi connectivity index (χ2n) is 10.8. The van der Waals surface area contributed by atoms with Gasteiger partial charge in [-0.2, -0.15) is 0 Å². The van der Waals surface area contributed by atoms with Crippen molar-refractivity contribution in [3.05, 3.63) is 107 Å². The zero-order chi connectivity index (χ0) is 23.8. The molecule has 0 spiro atoms. The third-order valence-corrected chi connectivity index (χ3v) is 8.90. The highest BCUT2D eigenvalue weighted by atomic mass is 16.5. The Bertz CT molecular complexity index is 1170. The number of likely N-dealkylation sites (tertiary alicyclic amines) is 1. The number of rotatable bonds is 6. The molecule has 35 heavy (non-hydrogen) atoms. The fraction of sp³-hybridized carbons (Fsp3) is 0.406. The highest BCUT2D eigenvalue weighted by Gasteiger charge is 2.40. The van der Waals surface area contributed by atoms with Crippen molar-refractivity contribution >= 4 is 0 Å². The van der Waals surface area contributed by atoms with Crippen LogP contribution in [0.3, 0.4) is 0 Å². The lowest BCUT2D eigenvalue weighted by molar-refractivity contribution is 0.176. The molecule has 180 valence electrons. The first-order valence-corrected chi connectivity index (χ1v) is 13.3. The third kappa shape index (κ3) is 4.16. The normalized spacial score (nSPS) is 19.1. The first kappa shape index (κ1) is 22.4. The number of pyridine rings is 1. The minimum absolute atomic E-state index is 0.00619. The standard InChI is InChI=1S/C32H36N2O/c1-23(20-24-10-15-33-16-11-24)34-17-12-28(13-18-34)32(2,29-7-6-25-4-3-5-26(25)21-29)30-8-9-31-27(22-30)14-19-35-31/h6-11,15-16,21-22,28H,1,3-5,12-14,17-20H2,2H3. The molecule has 0 radical (unpaired) electrons. The summed E-state index contributed by atoms with van der Waals surface area (Å²) in [6, 6.07) is 18.6. The number of hydrogen-bond donors (Lipinski definition) is 0. The number of benzene rings is 2. The van der Waals surface area contributed by atoms with Crippen molar-refractivity contribution in [3.63, 3.8) is 0 Å². The van der Waals surface area contributed by atoms with Crippen molar-refractivity contribution in [1.29, 1.82) is 0 Å². The Morgan fingerprint density at radius 2 is 1.66 bits per heavy atom. The van der Waals surface area contributed by atoms with Crippen LogP contribution in [0.25, 0.3) is 0 Å². The smallest absolute Gasteiger partial charge is 0.122 e. The second-order valence-corrected chi connectivity index (χ2v) is 10.8. The van der Waals surface area contributed by atoms with Crippen LogP contribution in [0, 0.1) is 5.92 Å². The van der Waals surface area contributed by atoms with Gasteiger partial charge in [0, 0.05) is 49.4 Å². The summed E-state index contributed by atoms with van der Waals surface area (Å²) in [6.07, 6.45) is 11.8. The van der Waals surface area contributed by atoms with Crippen LogP contribution in [0.4, 0.5) is 0 Å². The highest BCUT2D eigenvalue weighted by Crippen LogP contribution is 2.46. The van der Waals surface area contributed by atoms with Crippen molar-refractivity contribution in [3.8, 4) is 5.75 Å². The Balaban J connectivity index is 1.28. The van der Waals surface area contributed by atoms with E-state index < -0.39 is 0 Å². The van der Waals surface area contributed by atoms with Crippen molar-refractivity contribution in [2.24, 2.45) is 5.92 Å². The molecule has 1 aliphatic carbocycles. The number of ether oxygens (including phenoxy) is 1. The van der Waals surface area contributed by atoms with Crippen molar-refractivity contribution < 1.29 is 4.74 Å². The van der Waals surface area contributed by atoms with Crippen molar-refractivity contribution in [2.75, 3.05) is 19.7 Å². The number of aromatic nitrogens is 1. The maximum absolute atomic E-state index is 5.85. The van der Waals surface area contributed by atoms with Crippen molar-refractivity contribution in [1.82, 2.24) is 9.88 Å². The van der Waals surface area contributed by atoms with E-state index in [1.165, 1.54) is 60.1 Å². The summed E-state index contributed by atoms with van der Waals surface area (Å²) in [5.74, 6) is 1.67. The van der Waals surface area contributed by atoms with E-state index in [9.17, 15) is 0 Å². The van der Waals surface area contributed by atoms with Crippen LogP contribution in [-0.2, 0) is 31.1 Å². The fourth-order valence-corrected chi connectivity index (χ4v) is 6.66. The summed E-state index contributed by atoms with van der Waals surface area (Å²) in [5.41, 5.74) is 9.95. The number of piperidine rings is 1. The van der Waals surface area contributed by atoms with E-state index in [1.807, 2.05) is 12.4 Å². The second kappa shape index (κ2) is 9.18. The van der Waals surface area contributed by atoms with Crippen LogP contribution in [0.15, 0.2) is 73.2 Å². The van der Waals surface area contributed by atoms with Gasteiger partial charge in [-0.15, -0.1) is 0 Å². The van der Waals surface area contributed by atoms with Gasteiger partial charge in [-0.1, -0.05) is 43.8 Å². The molecule has 0 bridgehead atoms. The molecule has 2 aliphatic heterocycles. The van der Waals surface area contributed by atoms with Gasteiger partial charge in [-0.05, 0) is 89.6 Å². The lowest BCUT2D eigenvalue weighted by Crippen LogP contribution is -2.42. The summed E-state index contributed by atoms with van der Waals surface area (Å²) in [5, 5.41) is 0.